The molecule has 0 aromatic heterocycles. The Morgan fingerprint density at radius 3 is 2.29 bits per heavy atom. The molecule has 1 amide bonds. The predicted octanol–water partition coefficient (Wildman–Crippen LogP) is 2.27. The summed E-state index contributed by atoms with van der Waals surface area (Å²) in [4.78, 5) is 11.0. The van der Waals surface area contributed by atoms with Crippen LogP contribution in [0.1, 0.15) is 25.0 Å². The second-order valence-electron chi connectivity index (χ2n) is 3.43. The molecule has 0 aliphatic heterocycles. The maximum atomic E-state index is 11.0. The van der Waals surface area contributed by atoms with Gasteiger partial charge >= 0.3 is 0 Å². The molecule has 2 heteroatoms. The van der Waals surface area contributed by atoms with Crippen molar-refractivity contribution in [2.75, 3.05) is 0 Å². The first kappa shape index (κ1) is 10.5. The summed E-state index contributed by atoms with van der Waals surface area (Å²) in [7, 11) is 0. The largest absolute Gasteiger partial charge is 0.366 e. The number of aryl methyl sites for hydroxylation is 1. The van der Waals surface area contributed by atoms with Crippen molar-refractivity contribution < 1.29 is 4.79 Å². The smallest absolute Gasteiger partial charge is 0.244 e. The highest BCUT2D eigenvalue weighted by molar-refractivity contribution is 5.99. The van der Waals surface area contributed by atoms with Crippen molar-refractivity contribution in [3.8, 4) is 0 Å². The number of nitrogens with two attached hydrogens (primary N) is 1. The molecule has 2 N–H and O–H groups in total. The van der Waals surface area contributed by atoms with Gasteiger partial charge in [-0.05, 0) is 37.5 Å². The zero-order chi connectivity index (χ0) is 10.7. The van der Waals surface area contributed by atoms with Gasteiger partial charge in [-0.15, -0.1) is 0 Å². The highest BCUT2D eigenvalue weighted by Gasteiger charge is 2.06. The van der Waals surface area contributed by atoms with Crippen LogP contribution in [0.4, 0.5) is 0 Å². The summed E-state index contributed by atoms with van der Waals surface area (Å²) in [6.45, 7) is 5.69. The number of primary amides is 1. The molecule has 0 saturated carbocycles. The number of benzene rings is 1. The van der Waals surface area contributed by atoms with Crippen molar-refractivity contribution in [3.63, 3.8) is 0 Å². The Hall–Kier alpha value is -1.57. The molecule has 0 aliphatic rings. The first-order valence-electron chi connectivity index (χ1n) is 4.57. The fourth-order valence-corrected chi connectivity index (χ4v) is 1.38. The van der Waals surface area contributed by atoms with E-state index in [2.05, 4.69) is 0 Å². The molecule has 0 bridgehead atoms. The Kier molecular flexibility index (Phi) is 3.07. The SMILES string of the molecule is C/C(C(N)=O)=C(/C)c1ccccc1C. The quantitative estimate of drug-likeness (QED) is 0.712. The number of carbonyl (C=O) groups is 1. The molecule has 1 aromatic carbocycles. The van der Waals surface area contributed by atoms with Crippen molar-refractivity contribution in [2.24, 2.45) is 5.73 Å². The summed E-state index contributed by atoms with van der Waals surface area (Å²) < 4.78 is 0. The zero-order valence-corrected chi connectivity index (χ0v) is 8.79. The first-order valence-corrected chi connectivity index (χ1v) is 4.57. The molecule has 0 radical (unpaired) electrons. The van der Waals surface area contributed by atoms with Crippen molar-refractivity contribution in [1.82, 2.24) is 0 Å². The van der Waals surface area contributed by atoms with Gasteiger partial charge in [-0.1, -0.05) is 24.3 Å². The molecule has 74 valence electrons. The van der Waals surface area contributed by atoms with Gasteiger partial charge in [0.1, 0.15) is 0 Å². The predicted molar refractivity (Wildman–Crippen MR) is 58.6 cm³/mol. The Bertz CT molecular complexity index is 391. The highest BCUT2D eigenvalue weighted by atomic mass is 16.1. The van der Waals surface area contributed by atoms with E-state index < -0.39 is 0 Å². The molecule has 0 unspecified atom stereocenters. The summed E-state index contributed by atoms with van der Waals surface area (Å²) in [5.74, 6) is -0.356. The van der Waals surface area contributed by atoms with Gasteiger partial charge in [0.2, 0.25) is 5.91 Å². The minimum Gasteiger partial charge on any atom is -0.366 e. The minimum atomic E-state index is -0.356. The number of hydrogen-bond acceptors (Lipinski definition) is 1. The number of rotatable bonds is 2. The van der Waals surface area contributed by atoms with Crippen molar-refractivity contribution >= 4 is 11.5 Å². The van der Waals surface area contributed by atoms with Crippen LogP contribution in [0.5, 0.6) is 0 Å². The van der Waals surface area contributed by atoms with Gasteiger partial charge in [-0.3, -0.25) is 4.79 Å². The Morgan fingerprint density at radius 2 is 1.79 bits per heavy atom. The summed E-state index contributed by atoms with van der Waals surface area (Å²) in [5, 5.41) is 0. The highest BCUT2D eigenvalue weighted by Crippen LogP contribution is 2.20. The molecule has 0 saturated heterocycles. The van der Waals surface area contributed by atoms with Crippen LogP contribution in [0.2, 0.25) is 0 Å². The third-order valence-corrected chi connectivity index (χ3v) is 2.48. The second-order valence-corrected chi connectivity index (χ2v) is 3.43. The van der Waals surface area contributed by atoms with E-state index in [0.29, 0.717) is 5.57 Å². The Balaban J connectivity index is 3.25. The number of carbonyl (C=O) groups excluding carboxylic acids is 1. The van der Waals surface area contributed by atoms with E-state index in [1.807, 2.05) is 38.1 Å². The molecule has 1 aromatic rings. The average molecular weight is 189 g/mol. The van der Waals surface area contributed by atoms with Crippen molar-refractivity contribution in [3.05, 3.63) is 41.0 Å². The number of amides is 1. The molecule has 0 heterocycles. The fraction of sp³-hybridized carbons (Fsp3) is 0.250. The standard InChI is InChI=1S/C12H15NO/c1-8-6-4-5-7-11(8)9(2)10(3)12(13)14/h4-7H,1-3H3,(H2,13,14)/b10-9+. The van der Waals surface area contributed by atoms with Crippen LogP contribution in [0.25, 0.3) is 5.57 Å². The van der Waals surface area contributed by atoms with Crippen LogP contribution in [0.15, 0.2) is 29.8 Å². The molecular formula is C12H15NO. The monoisotopic (exact) mass is 189 g/mol. The molecule has 0 spiro atoms. The van der Waals surface area contributed by atoms with Gasteiger partial charge in [-0.25, -0.2) is 0 Å². The van der Waals surface area contributed by atoms with Crippen LogP contribution >= 0.6 is 0 Å². The van der Waals surface area contributed by atoms with Crippen LogP contribution in [-0.2, 0) is 4.79 Å². The summed E-state index contributed by atoms with van der Waals surface area (Å²) in [6, 6.07) is 7.95. The van der Waals surface area contributed by atoms with Crippen LogP contribution in [0, 0.1) is 6.92 Å². The van der Waals surface area contributed by atoms with Crippen molar-refractivity contribution in [1.29, 1.82) is 0 Å². The Labute approximate surface area is 84.4 Å². The lowest BCUT2D eigenvalue weighted by Gasteiger charge is -2.08. The Morgan fingerprint density at radius 1 is 1.21 bits per heavy atom. The normalized spacial score (nSPS) is 12.2. The molecule has 1 rings (SSSR count). The third kappa shape index (κ3) is 2.02. The van der Waals surface area contributed by atoms with Gasteiger partial charge in [0.15, 0.2) is 0 Å². The van der Waals surface area contributed by atoms with E-state index in [1.54, 1.807) is 6.92 Å². The lowest BCUT2D eigenvalue weighted by molar-refractivity contribution is -0.114. The first-order chi connectivity index (χ1) is 6.54. The van der Waals surface area contributed by atoms with Crippen LogP contribution < -0.4 is 5.73 Å². The third-order valence-electron chi connectivity index (χ3n) is 2.48. The fourth-order valence-electron chi connectivity index (χ4n) is 1.38. The minimum absolute atomic E-state index is 0.356. The second kappa shape index (κ2) is 4.09. The van der Waals surface area contributed by atoms with Gasteiger partial charge in [0.05, 0.1) is 0 Å². The topological polar surface area (TPSA) is 43.1 Å². The molecular weight excluding hydrogens is 174 g/mol. The lowest BCUT2D eigenvalue weighted by atomic mass is 9.98. The molecule has 14 heavy (non-hydrogen) atoms. The van der Waals surface area contributed by atoms with E-state index in [0.717, 1.165) is 16.7 Å². The molecule has 0 aliphatic carbocycles. The van der Waals surface area contributed by atoms with Crippen LogP contribution in [-0.4, -0.2) is 5.91 Å². The van der Waals surface area contributed by atoms with E-state index in [1.165, 1.54) is 0 Å². The number of hydrogen-bond donors (Lipinski definition) is 1. The average Bonchev–Trinajstić information content (AvgIpc) is 2.16. The molecule has 0 fully saturated rings. The lowest BCUT2D eigenvalue weighted by Crippen LogP contribution is -2.13. The van der Waals surface area contributed by atoms with Gasteiger partial charge in [-0.2, -0.15) is 0 Å². The maximum Gasteiger partial charge on any atom is 0.244 e. The molecule has 2 nitrogen and oxygen atoms in total. The summed E-state index contributed by atoms with van der Waals surface area (Å²) >= 11 is 0. The summed E-state index contributed by atoms with van der Waals surface area (Å²) in [5.41, 5.74) is 9.05. The van der Waals surface area contributed by atoms with E-state index in [-0.39, 0.29) is 5.91 Å². The van der Waals surface area contributed by atoms with E-state index in [4.69, 9.17) is 5.73 Å². The summed E-state index contributed by atoms with van der Waals surface area (Å²) in [6.07, 6.45) is 0. The van der Waals surface area contributed by atoms with E-state index in [9.17, 15) is 4.79 Å². The van der Waals surface area contributed by atoms with Crippen molar-refractivity contribution in [2.45, 2.75) is 20.8 Å². The molecule has 0 atom stereocenters. The zero-order valence-electron chi connectivity index (χ0n) is 8.79. The van der Waals surface area contributed by atoms with Gasteiger partial charge in [0.25, 0.3) is 0 Å². The van der Waals surface area contributed by atoms with Gasteiger partial charge in [0, 0.05) is 5.57 Å². The number of allylic oxidation sites excluding steroid dienone is 1. The van der Waals surface area contributed by atoms with Gasteiger partial charge < -0.3 is 5.73 Å². The van der Waals surface area contributed by atoms with E-state index >= 15 is 0 Å². The maximum absolute atomic E-state index is 11.0. The van der Waals surface area contributed by atoms with Crippen LogP contribution in [0.3, 0.4) is 0 Å².